The van der Waals surface area contributed by atoms with Gasteiger partial charge < -0.3 is 0 Å². The van der Waals surface area contributed by atoms with E-state index < -0.39 is 10.7 Å². The third kappa shape index (κ3) is 3.16. The number of hydrogen-bond donors (Lipinski definition) is 0. The fourth-order valence-corrected chi connectivity index (χ4v) is 2.81. The van der Waals surface area contributed by atoms with Crippen LogP contribution in [0.15, 0.2) is 42.5 Å². The number of rotatable bonds is 4. The number of hydrogen-bond acceptors (Lipinski definition) is 2. The van der Waals surface area contributed by atoms with Gasteiger partial charge in [-0.25, -0.2) is 4.39 Å². The fourth-order valence-electron chi connectivity index (χ4n) is 1.93. The SMILES string of the molecule is O=[N+]([O-])c1ccccc1CC(Br)c1cccc(Cl)c1F. The molecule has 0 saturated carbocycles. The normalized spacial score (nSPS) is 12.2. The number of alkyl halides is 1. The Morgan fingerprint density at radius 1 is 1.25 bits per heavy atom. The maximum absolute atomic E-state index is 13.9. The Hall–Kier alpha value is -1.46. The molecule has 0 spiro atoms. The molecular weight excluding hydrogens is 349 g/mol. The van der Waals surface area contributed by atoms with Crippen molar-refractivity contribution in [2.75, 3.05) is 0 Å². The minimum atomic E-state index is -0.505. The third-order valence-electron chi connectivity index (χ3n) is 2.91. The quantitative estimate of drug-likeness (QED) is 0.435. The zero-order valence-electron chi connectivity index (χ0n) is 10.2. The smallest absolute Gasteiger partial charge is 0.258 e. The van der Waals surface area contributed by atoms with Crippen LogP contribution in [0.1, 0.15) is 16.0 Å². The van der Waals surface area contributed by atoms with Gasteiger partial charge in [0.2, 0.25) is 0 Å². The zero-order chi connectivity index (χ0) is 14.7. The lowest BCUT2D eigenvalue weighted by molar-refractivity contribution is -0.385. The second kappa shape index (κ2) is 6.33. The van der Waals surface area contributed by atoms with E-state index >= 15 is 0 Å². The summed E-state index contributed by atoms with van der Waals surface area (Å²) in [5.74, 6) is -0.505. The standard InChI is InChI=1S/C14H10BrClFNO2/c15-11(10-5-3-6-12(16)14(10)17)8-9-4-1-2-7-13(9)18(19)20/h1-7,11H,8H2. The first-order chi connectivity index (χ1) is 9.50. The lowest BCUT2D eigenvalue weighted by atomic mass is 10.0. The maximum atomic E-state index is 13.9. The Labute approximate surface area is 128 Å². The number of nitro groups is 1. The van der Waals surface area contributed by atoms with Crippen LogP contribution < -0.4 is 0 Å². The molecule has 0 N–H and O–H groups in total. The molecule has 0 aliphatic carbocycles. The van der Waals surface area contributed by atoms with E-state index in [1.807, 2.05) is 0 Å². The topological polar surface area (TPSA) is 43.1 Å². The molecule has 104 valence electrons. The van der Waals surface area contributed by atoms with Gasteiger partial charge in [-0.15, -0.1) is 0 Å². The Bertz CT molecular complexity index is 651. The highest BCUT2D eigenvalue weighted by atomic mass is 79.9. The second-order valence-corrected chi connectivity index (χ2v) is 5.71. The first-order valence-electron chi connectivity index (χ1n) is 5.81. The van der Waals surface area contributed by atoms with Crippen molar-refractivity contribution in [3.63, 3.8) is 0 Å². The van der Waals surface area contributed by atoms with Crippen LogP contribution in [-0.2, 0) is 6.42 Å². The van der Waals surface area contributed by atoms with Crippen LogP contribution in [0.2, 0.25) is 5.02 Å². The minimum absolute atomic E-state index is 0.0272. The predicted molar refractivity (Wildman–Crippen MR) is 79.9 cm³/mol. The van der Waals surface area contributed by atoms with Crippen LogP contribution in [-0.4, -0.2) is 4.92 Å². The number of benzene rings is 2. The van der Waals surface area contributed by atoms with E-state index in [-0.39, 0.29) is 15.5 Å². The molecular formula is C14H10BrClFNO2. The van der Waals surface area contributed by atoms with E-state index in [0.29, 0.717) is 17.5 Å². The van der Waals surface area contributed by atoms with E-state index in [2.05, 4.69) is 15.9 Å². The molecule has 0 saturated heterocycles. The maximum Gasteiger partial charge on any atom is 0.272 e. The van der Waals surface area contributed by atoms with Crippen molar-refractivity contribution in [3.8, 4) is 0 Å². The minimum Gasteiger partial charge on any atom is -0.258 e. The first-order valence-corrected chi connectivity index (χ1v) is 7.10. The lowest BCUT2D eigenvalue weighted by Crippen LogP contribution is -2.02. The number of nitro benzene ring substituents is 1. The molecule has 0 amide bonds. The van der Waals surface area contributed by atoms with Crippen molar-refractivity contribution in [2.24, 2.45) is 0 Å². The molecule has 1 unspecified atom stereocenters. The summed E-state index contributed by atoms with van der Waals surface area (Å²) in [6.45, 7) is 0. The van der Waals surface area contributed by atoms with Gasteiger partial charge in [0.15, 0.2) is 0 Å². The van der Waals surface area contributed by atoms with Crippen LogP contribution in [0, 0.1) is 15.9 Å². The van der Waals surface area contributed by atoms with E-state index in [1.165, 1.54) is 12.1 Å². The summed E-state index contributed by atoms with van der Waals surface area (Å²) in [5.41, 5.74) is 0.953. The lowest BCUT2D eigenvalue weighted by Gasteiger charge is -2.12. The highest BCUT2D eigenvalue weighted by Gasteiger charge is 2.20. The largest absolute Gasteiger partial charge is 0.272 e. The van der Waals surface area contributed by atoms with Crippen molar-refractivity contribution < 1.29 is 9.31 Å². The van der Waals surface area contributed by atoms with Crippen molar-refractivity contribution in [2.45, 2.75) is 11.2 Å². The monoisotopic (exact) mass is 357 g/mol. The third-order valence-corrected chi connectivity index (χ3v) is 4.02. The highest BCUT2D eigenvalue weighted by Crippen LogP contribution is 2.33. The summed E-state index contributed by atoms with van der Waals surface area (Å²) >= 11 is 9.11. The molecule has 0 aliphatic heterocycles. The first kappa shape index (κ1) is 14.9. The average molecular weight is 359 g/mol. The van der Waals surface area contributed by atoms with Crippen molar-refractivity contribution in [1.29, 1.82) is 0 Å². The molecule has 2 aromatic carbocycles. The van der Waals surface area contributed by atoms with Crippen LogP contribution in [0.5, 0.6) is 0 Å². The summed E-state index contributed by atoms with van der Waals surface area (Å²) in [6.07, 6.45) is 0.300. The highest BCUT2D eigenvalue weighted by molar-refractivity contribution is 9.09. The van der Waals surface area contributed by atoms with Gasteiger partial charge in [0, 0.05) is 22.0 Å². The molecule has 0 heterocycles. The molecule has 6 heteroatoms. The number of para-hydroxylation sites is 1. The summed E-state index contributed by atoms with van der Waals surface area (Å²) in [6, 6.07) is 11.1. The number of halogens is 3. The van der Waals surface area contributed by atoms with Gasteiger partial charge in [-0.05, 0) is 12.5 Å². The predicted octanol–water partition coefficient (Wildman–Crippen LogP) is 5.07. The van der Waals surface area contributed by atoms with Crippen molar-refractivity contribution in [1.82, 2.24) is 0 Å². The molecule has 0 bridgehead atoms. The Morgan fingerprint density at radius 3 is 2.65 bits per heavy atom. The summed E-state index contributed by atoms with van der Waals surface area (Å²) < 4.78 is 13.9. The molecule has 0 fully saturated rings. The van der Waals surface area contributed by atoms with Gasteiger partial charge in [-0.1, -0.05) is 57.9 Å². The van der Waals surface area contributed by atoms with Gasteiger partial charge in [0.05, 0.1) is 9.95 Å². The fraction of sp³-hybridized carbons (Fsp3) is 0.143. The molecule has 3 nitrogen and oxygen atoms in total. The van der Waals surface area contributed by atoms with Gasteiger partial charge in [-0.3, -0.25) is 10.1 Å². The van der Waals surface area contributed by atoms with Gasteiger partial charge in [0.25, 0.3) is 5.69 Å². The Balaban J connectivity index is 2.30. The molecule has 1 atom stereocenters. The van der Waals surface area contributed by atoms with Crippen molar-refractivity contribution in [3.05, 3.63) is 74.5 Å². The van der Waals surface area contributed by atoms with Crippen LogP contribution in [0.4, 0.5) is 10.1 Å². The molecule has 2 rings (SSSR count). The second-order valence-electron chi connectivity index (χ2n) is 4.20. The Morgan fingerprint density at radius 2 is 1.95 bits per heavy atom. The van der Waals surface area contributed by atoms with E-state index in [9.17, 15) is 14.5 Å². The van der Waals surface area contributed by atoms with Crippen molar-refractivity contribution >= 4 is 33.2 Å². The molecule has 0 aliphatic rings. The van der Waals surface area contributed by atoms with Gasteiger partial charge in [0.1, 0.15) is 5.82 Å². The zero-order valence-corrected chi connectivity index (χ0v) is 12.6. The van der Waals surface area contributed by atoms with E-state index in [0.717, 1.165) is 0 Å². The van der Waals surface area contributed by atoms with Crippen LogP contribution >= 0.6 is 27.5 Å². The molecule has 2 aromatic rings. The average Bonchev–Trinajstić information content (AvgIpc) is 2.42. The van der Waals surface area contributed by atoms with Crippen LogP contribution in [0.25, 0.3) is 0 Å². The van der Waals surface area contributed by atoms with E-state index in [4.69, 9.17) is 11.6 Å². The van der Waals surface area contributed by atoms with Crippen LogP contribution in [0.3, 0.4) is 0 Å². The summed E-state index contributed by atoms with van der Waals surface area (Å²) in [5, 5.41) is 11.0. The molecule has 0 radical (unpaired) electrons. The van der Waals surface area contributed by atoms with Gasteiger partial charge in [-0.2, -0.15) is 0 Å². The molecule has 20 heavy (non-hydrogen) atoms. The summed E-state index contributed by atoms with van der Waals surface area (Å²) in [7, 11) is 0. The number of nitrogens with zero attached hydrogens (tertiary/aromatic N) is 1. The van der Waals surface area contributed by atoms with Gasteiger partial charge >= 0.3 is 0 Å². The van der Waals surface area contributed by atoms with E-state index in [1.54, 1.807) is 30.3 Å². The Kier molecular flexibility index (Phi) is 4.73. The molecule has 0 aromatic heterocycles. The summed E-state index contributed by atoms with van der Waals surface area (Å²) in [4.78, 5) is 10.1.